The predicted molar refractivity (Wildman–Crippen MR) is 78.3 cm³/mol. The van der Waals surface area contributed by atoms with Crippen molar-refractivity contribution >= 4 is 16.0 Å². The lowest BCUT2D eigenvalue weighted by atomic mass is 9.95. The summed E-state index contributed by atoms with van der Waals surface area (Å²) in [6, 6.07) is -0.0778. The zero-order valence-corrected chi connectivity index (χ0v) is 13.1. The van der Waals surface area contributed by atoms with E-state index in [4.69, 9.17) is 0 Å². The summed E-state index contributed by atoms with van der Waals surface area (Å²) in [6.07, 6.45) is 6.20. The second kappa shape index (κ2) is 7.07. The Hall–Kier alpha value is -0.660. The largest absolute Gasteiger partial charge is 0.481 e. The van der Waals surface area contributed by atoms with Gasteiger partial charge in [0.2, 0.25) is 10.0 Å². The predicted octanol–water partition coefficient (Wildman–Crippen LogP) is 1.20. The molecule has 0 heterocycles. The molecule has 0 saturated heterocycles. The molecule has 21 heavy (non-hydrogen) atoms. The highest BCUT2D eigenvalue weighted by atomic mass is 32.2. The van der Waals surface area contributed by atoms with Gasteiger partial charge in [-0.3, -0.25) is 4.79 Å². The first kappa shape index (κ1) is 16.7. The highest BCUT2D eigenvalue weighted by Crippen LogP contribution is 2.35. The van der Waals surface area contributed by atoms with Gasteiger partial charge < -0.3 is 10.2 Å². The normalized spacial score (nSPS) is 28.1. The van der Waals surface area contributed by atoms with Gasteiger partial charge >= 0.3 is 5.97 Å². The van der Waals surface area contributed by atoms with Crippen LogP contribution in [-0.4, -0.2) is 53.3 Å². The Morgan fingerprint density at radius 2 is 1.71 bits per heavy atom. The second-order valence-corrected chi connectivity index (χ2v) is 8.19. The van der Waals surface area contributed by atoms with Crippen LogP contribution in [0.1, 0.15) is 51.4 Å². The van der Waals surface area contributed by atoms with Crippen molar-refractivity contribution in [3.8, 4) is 0 Å². The van der Waals surface area contributed by atoms with Crippen LogP contribution in [0.3, 0.4) is 0 Å². The summed E-state index contributed by atoms with van der Waals surface area (Å²) in [5.74, 6) is -1.83. The standard InChI is InChI=1S/C14H25NO5S/c16-10-9-15(11-5-2-1-3-6-11)21(19,20)13-8-4-7-12(13)14(17)18/h11-13,16H,1-10H2,(H,17,18). The van der Waals surface area contributed by atoms with Gasteiger partial charge in [0.15, 0.2) is 0 Å². The summed E-state index contributed by atoms with van der Waals surface area (Å²) in [4.78, 5) is 11.3. The molecule has 0 aromatic carbocycles. The van der Waals surface area contributed by atoms with Crippen LogP contribution in [0.4, 0.5) is 0 Å². The minimum absolute atomic E-state index is 0.0778. The number of rotatable bonds is 6. The number of aliphatic carboxylic acids is 1. The summed E-state index contributed by atoms with van der Waals surface area (Å²) in [7, 11) is -3.66. The molecule has 0 radical (unpaired) electrons. The highest BCUT2D eigenvalue weighted by Gasteiger charge is 2.45. The molecule has 0 spiro atoms. The van der Waals surface area contributed by atoms with E-state index in [0.29, 0.717) is 19.3 Å². The molecule has 2 aliphatic carbocycles. The van der Waals surface area contributed by atoms with Gasteiger partial charge in [0.1, 0.15) is 0 Å². The summed E-state index contributed by atoms with van der Waals surface area (Å²) in [5, 5.41) is 17.6. The Bertz CT molecular complexity index is 458. The molecule has 2 N–H and O–H groups in total. The Balaban J connectivity index is 2.22. The molecule has 2 aliphatic rings. The van der Waals surface area contributed by atoms with Crippen molar-refractivity contribution in [2.24, 2.45) is 5.92 Å². The van der Waals surface area contributed by atoms with E-state index >= 15 is 0 Å². The lowest BCUT2D eigenvalue weighted by Crippen LogP contribution is -2.49. The van der Waals surface area contributed by atoms with Gasteiger partial charge in [0, 0.05) is 12.6 Å². The monoisotopic (exact) mass is 319 g/mol. The average molecular weight is 319 g/mol. The van der Waals surface area contributed by atoms with E-state index in [1.807, 2.05) is 0 Å². The third-order valence-corrected chi connectivity index (χ3v) is 7.25. The van der Waals surface area contributed by atoms with E-state index in [1.165, 1.54) is 4.31 Å². The second-order valence-electron chi connectivity index (χ2n) is 6.09. The quantitative estimate of drug-likeness (QED) is 0.767. The zero-order chi connectivity index (χ0) is 15.5. The molecule has 2 atom stereocenters. The van der Waals surface area contributed by atoms with Crippen molar-refractivity contribution < 1.29 is 23.4 Å². The first-order chi connectivity index (χ1) is 9.98. The van der Waals surface area contributed by atoms with Crippen molar-refractivity contribution in [2.45, 2.75) is 62.7 Å². The molecule has 0 amide bonds. The maximum atomic E-state index is 12.9. The van der Waals surface area contributed by atoms with Crippen LogP contribution in [0, 0.1) is 5.92 Å². The number of aliphatic hydroxyl groups is 1. The van der Waals surface area contributed by atoms with Gasteiger partial charge in [-0.2, -0.15) is 4.31 Å². The molecule has 7 heteroatoms. The Morgan fingerprint density at radius 1 is 1.05 bits per heavy atom. The molecule has 2 unspecified atom stereocenters. The fourth-order valence-electron chi connectivity index (χ4n) is 3.72. The van der Waals surface area contributed by atoms with Crippen molar-refractivity contribution in [2.75, 3.05) is 13.2 Å². The first-order valence-electron chi connectivity index (χ1n) is 7.82. The van der Waals surface area contributed by atoms with Gasteiger partial charge in [-0.05, 0) is 25.7 Å². The van der Waals surface area contributed by atoms with Crippen LogP contribution in [0.5, 0.6) is 0 Å². The van der Waals surface area contributed by atoms with Gasteiger partial charge in [0.05, 0.1) is 17.8 Å². The Kier molecular flexibility index (Phi) is 5.62. The topological polar surface area (TPSA) is 94.9 Å². The molecule has 0 aromatic rings. The third kappa shape index (κ3) is 3.57. The number of nitrogens with zero attached hydrogens (tertiary/aromatic N) is 1. The van der Waals surface area contributed by atoms with Crippen molar-refractivity contribution in [1.29, 1.82) is 0 Å². The smallest absolute Gasteiger partial charge is 0.307 e. The van der Waals surface area contributed by atoms with Crippen LogP contribution in [0.15, 0.2) is 0 Å². The SMILES string of the molecule is O=C(O)C1CCCC1S(=O)(=O)N(CCO)C1CCCCC1. The molecule has 2 rings (SSSR count). The minimum Gasteiger partial charge on any atom is -0.481 e. The van der Waals surface area contributed by atoms with Crippen LogP contribution in [0.2, 0.25) is 0 Å². The fourth-order valence-corrected chi connectivity index (χ4v) is 6.17. The third-order valence-electron chi connectivity index (χ3n) is 4.78. The van der Waals surface area contributed by atoms with E-state index in [9.17, 15) is 23.4 Å². The molecule has 2 saturated carbocycles. The van der Waals surface area contributed by atoms with Crippen molar-refractivity contribution in [3.05, 3.63) is 0 Å². The molecule has 0 bridgehead atoms. The number of hydrogen-bond donors (Lipinski definition) is 2. The van der Waals surface area contributed by atoms with Crippen LogP contribution >= 0.6 is 0 Å². The highest BCUT2D eigenvalue weighted by molar-refractivity contribution is 7.89. The number of hydrogen-bond acceptors (Lipinski definition) is 4. The van der Waals surface area contributed by atoms with E-state index in [-0.39, 0.29) is 19.2 Å². The van der Waals surface area contributed by atoms with Crippen LogP contribution in [-0.2, 0) is 14.8 Å². The first-order valence-corrected chi connectivity index (χ1v) is 9.33. The fraction of sp³-hybridized carbons (Fsp3) is 0.929. The van der Waals surface area contributed by atoms with Crippen LogP contribution < -0.4 is 0 Å². The molecule has 0 aromatic heterocycles. The van der Waals surface area contributed by atoms with Gasteiger partial charge in [-0.25, -0.2) is 8.42 Å². The average Bonchev–Trinajstić information content (AvgIpc) is 2.96. The lowest BCUT2D eigenvalue weighted by molar-refractivity contribution is -0.141. The Morgan fingerprint density at radius 3 is 2.29 bits per heavy atom. The zero-order valence-electron chi connectivity index (χ0n) is 12.3. The van der Waals surface area contributed by atoms with E-state index in [0.717, 1.165) is 32.1 Å². The van der Waals surface area contributed by atoms with Crippen molar-refractivity contribution in [1.82, 2.24) is 4.31 Å². The molecular weight excluding hydrogens is 294 g/mol. The maximum absolute atomic E-state index is 12.9. The van der Waals surface area contributed by atoms with Crippen LogP contribution in [0.25, 0.3) is 0 Å². The summed E-state index contributed by atoms with van der Waals surface area (Å²) in [5.41, 5.74) is 0. The summed E-state index contributed by atoms with van der Waals surface area (Å²) in [6.45, 7) is -0.143. The minimum atomic E-state index is -3.66. The Labute approximate surface area is 126 Å². The maximum Gasteiger partial charge on any atom is 0.307 e. The number of carboxylic acids is 1. The molecule has 0 aliphatic heterocycles. The van der Waals surface area contributed by atoms with Gasteiger partial charge in [-0.1, -0.05) is 25.7 Å². The van der Waals surface area contributed by atoms with Gasteiger partial charge in [0.25, 0.3) is 0 Å². The number of carboxylic acid groups (broad SMARTS) is 1. The van der Waals surface area contributed by atoms with E-state index < -0.39 is 27.2 Å². The molecular formula is C14H25NO5S. The van der Waals surface area contributed by atoms with E-state index in [1.54, 1.807) is 0 Å². The van der Waals surface area contributed by atoms with Gasteiger partial charge in [-0.15, -0.1) is 0 Å². The van der Waals surface area contributed by atoms with Crippen molar-refractivity contribution in [3.63, 3.8) is 0 Å². The summed E-state index contributed by atoms with van der Waals surface area (Å²) >= 11 is 0. The van der Waals surface area contributed by atoms with E-state index in [2.05, 4.69) is 0 Å². The number of aliphatic hydroxyl groups excluding tert-OH is 1. The number of carbonyl (C=O) groups is 1. The lowest BCUT2D eigenvalue weighted by Gasteiger charge is -2.35. The summed E-state index contributed by atoms with van der Waals surface area (Å²) < 4.78 is 27.2. The molecule has 2 fully saturated rings. The molecule has 122 valence electrons. The molecule has 6 nitrogen and oxygen atoms in total. The number of sulfonamides is 1.